The van der Waals surface area contributed by atoms with Crippen molar-refractivity contribution in [2.45, 2.75) is 26.9 Å². The fraction of sp³-hybridized carbons (Fsp3) is 0.429. The maximum absolute atomic E-state index is 5.34. The van der Waals surface area contributed by atoms with Crippen LogP contribution in [0.3, 0.4) is 0 Å². The average Bonchev–Trinajstić information content (AvgIpc) is 2.78. The summed E-state index contributed by atoms with van der Waals surface area (Å²) in [4.78, 5) is 4.32. The molecule has 0 saturated carbocycles. The number of hydrogen-bond acceptors (Lipinski definition) is 6. The largest absolute Gasteiger partial charge is 0.493 e. The summed E-state index contributed by atoms with van der Waals surface area (Å²) in [5.74, 6) is 2.17. The van der Waals surface area contributed by atoms with E-state index in [0.29, 0.717) is 24.6 Å². The van der Waals surface area contributed by atoms with Gasteiger partial charge in [0.15, 0.2) is 11.5 Å². The van der Waals surface area contributed by atoms with Gasteiger partial charge in [0.2, 0.25) is 0 Å². The van der Waals surface area contributed by atoms with Crippen LogP contribution in [0.15, 0.2) is 16.8 Å². The maximum Gasteiger partial charge on any atom is 0.183 e. The van der Waals surface area contributed by atoms with Gasteiger partial charge in [0.05, 0.1) is 25.6 Å². The van der Waals surface area contributed by atoms with Crippen molar-refractivity contribution in [3.63, 3.8) is 0 Å². The minimum Gasteiger partial charge on any atom is -0.493 e. The van der Waals surface area contributed by atoms with E-state index in [-0.39, 0.29) is 0 Å². The number of methoxy groups -OCH3 is 2. The van der Waals surface area contributed by atoms with Gasteiger partial charge in [0.1, 0.15) is 5.76 Å². The Morgan fingerprint density at radius 3 is 2.60 bits per heavy atom. The van der Waals surface area contributed by atoms with Crippen molar-refractivity contribution in [3.05, 3.63) is 35.0 Å². The molecule has 0 fully saturated rings. The Morgan fingerprint density at radius 1 is 1.20 bits per heavy atom. The van der Waals surface area contributed by atoms with E-state index in [4.69, 9.17) is 14.0 Å². The Bertz CT molecular complexity index is 562. The van der Waals surface area contributed by atoms with E-state index in [0.717, 1.165) is 22.7 Å². The highest BCUT2D eigenvalue weighted by Gasteiger charge is 2.12. The van der Waals surface area contributed by atoms with Gasteiger partial charge in [-0.1, -0.05) is 5.16 Å². The molecular formula is C14H19N3O3. The Kier molecular flexibility index (Phi) is 4.57. The minimum absolute atomic E-state index is 0.574. The fourth-order valence-corrected chi connectivity index (χ4v) is 2.04. The Balaban J connectivity index is 2.04. The van der Waals surface area contributed by atoms with E-state index in [2.05, 4.69) is 15.5 Å². The third-order valence-electron chi connectivity index (χ3n) is 3.14. The molecule has 6 nitrogen and oxygen atoms in total. The highest BCUT2D eigenvalue weighted by atomic mass is 16.5. The van der Waals surface area contributed by atoms with Gasteiger partial charge in [-0.3, -0.25) is 4.98 Å². The van der Waals surface area contributed by atoms with Gasteiger partial charge in [-0.2, -0.15) is 0 Å². The molecule has 1 N–H and O–H groups in total. The maximum atomic E-state index is 5.34. The summed E-state index contributed by atoms with van der Waals surface area (Å²) >= 11 is 0. The predicted octanol–water partition coefficient (Wildman–Crippen LogP) is 1.99. The van der Waals surface area contributed by atoms with E-state index in [1.807, 2.05) is 13.8 Å². The van der Waals surface area contributed by atoms with Crippen LogP contribution >= 0.6 is 0 Å². The smallest absolute Gasteiger partial charge is 0.183 e. The lowest BCUT2D eigenvalue weighted by Gasteiger charge is -2.12. The van der Waals surface area contributed by atoms with Crippen molar-refractivity contribution in [2.24, 2.45) is 0 Å². The first-order valence-electron chi connectivity index (χ1n) is 6.35. The van der Waals surface area contributed by atoms with Crippen LogP contribution in [0.1, 0.15) is 22.7 Å². The number of pyridine rings is 1. The van der Waals surface area contributed by atoms with Gasteiger partial charge in [-0.25, -0.2) is 0 Å². The summed E-state index contributed by atoms with van der Waals surface area (Å²) in [7, 11) is 3.22. The molecule has 20 heavy (non-hydrogen) atoms. The normalized spacial score (nSPS) is 10.6. The third-order valence-corrected chi connectivity index (χ3v) is 3.14. The molecule has 0 spiro atoms. The van der Waals surface area contributed by atoms with Crippen LogP contribution in [0.2, 0.25) is 0 Å². The first kappa shape index (κ1) is 14.3. The summed E-state index contributed by atoms with van der Waals surface area (Å²) in [6.45, 7) is 5.08. The van der Waals surface area contributed by atoms with E-state index in [9.17, 15) is 0 Å². The van der Waals surface area contributed by atoms with Crippen LogP contribution in [0.25, 0.3) is 0 Å². The molecule has 2 aromatic rings. The number of ether oxygens (including phenoxy) is 2. The van der Waals surface area contributed by atoms with E-state index in [1.54, 1.807) is 26.5 Å². The lowest BCUT2D eigenvalue weighted by atomic mass is 10.2. The lowest BCUT2D eigenvalue weighted by Crippen LogP contribution is -2.15. The van der Waals surface area contributed by atoms with Gasteiger partial charge in [0, 0.05) is 30.9 Å². The molecule has 0 amide bonds. The van der Waals surface area contributed by atoms with Gasteiger partial charge in [-0.05, 0) is 13.8 Å². The minimum atomic E-state index is 0.574. The SMILES string of the molecule is COc1ccnc(CNCc2c(C)noc2C)c1OC. The number of hydrogen-bond donors (Lipinski definition) is 1. The second-order valence-electron chi connectivity index (χ2n) is 4.40. The number of nitrogens with one attached hydrogen (secondary N) is 1. The molecule has 0 bridgehead atoms. The Morgan fingerprint density at radius 2 is 2.00 bits per heavy atom. The highest BCUT2D eigenvalue weighted by molar-refractivity contribution is 5.42. The molecule has 0 aromatic carbocycles. The van der Waals surface area contributed by atoms with Gasteiger partial charge in [-0.15, -0.1) is 0 Å². The van der Waals surface area contributed by atoms with Crippen LogP contribution < -0.4 is 14.8 Å². The molecule has 108 valence electrons. The van der Waals surface area contributed by atoms with Crippen LogP contribution in [-0.4, -0.2) is 24.4 Å². The third kappa shape index (κ3) is 2.91. The van der Waals surface area contributed by atoms with Crippen molar-refractivity contribution in [3.8, 4) is 11.5 Å². The summed E-state index contributed by atoms with van der Waals surface area (Å²) in [6.07, 6.45) is 1.70. The zero-order chi connectivity index (χ0) is 14.5. The average molecular weight is 277 g/mol. The Labute approximate surface area is 118 Å². The van der Waals surface area contributed by atoms with Crippen molar-refractivity contribution in [1.82, 2.24) is 15.5 Å². The quantitative estimate of drug-likeness (QED) is 0.871. The van der Waals surface area contributed by atoms with E-state index >= 15 is 0 Å². The summed E-state index contributed by atoms with van der Waals surface area (Å²) < 4.78 is 15.7. The lowest BCUT2D eigenvalue weighted by molar-refractivity contribution is 0.348. The number of aryl methyl sites for hydroxylation is 2. The fourth-order valence-electron chi connectivity index (χ4n) is 2.04. The highest BCUT2D eigenvalue weighted by Crippen LogP contribution is 2.28. The molecule has 0 unspecified atom stereocenters. The zero-order valence-corrected chi connectivity index (χ0v) is 12.2. The van der Waals surface area contributed by atoms with Crippen LogP contribution in [-0.2, 0) is 13.1 Å². The van der Waals surface area contributed by atoms with Gasteiger partial charge < -0.3 is 19.3 Å². The Hall–Kier alpha value is -2.08. The van der Waals surface area contributed by atoms with Crippen LogP contribution in [0.5, 0.6) is 11.5 Å². The molecule has 0 atom stereocenters. The second kappa shape index (κ2) is 6.38. The van der Waals surface area contributed by atoms with Crippen molar-refractivity contribution < 1.29 is 14.0 Å². The van der Waals surface area contributed by atoms with Crippen LogP contribution in [0, 0.1) is 13.8 Å². The van der Waals surface area contributed by atoms with Gasteiger partial charge in [0.25, 0.3) is 0 Å². The molecule has 2 heterocycles. The molecule has 0 aliphatic heterocycles. The van der Waals surface area contributed by atoms with E-state index in [1.165, 1.54) is 0 Å². The second-order valence-corrected chi connectivity index (χ2v) is 4.40. The standard InChI is InChI=1S/C14H19N3O3/c1-9-11(10(2)20-17-9)7-15-8-12-14(19-4)13(18-3)5-6-16-12/h5-6,15H,7-8H2,1-4H3. The summed E-state index contributed by atoms with van der Waals surface area (Å²) in [5, 5.41) is 7.24. The molecule has 2 rings (SSSR count). The molecule has 0 radical (unpaired) electrons. The summed E-state index contributed by atoms with van der Waals surface area (Å²) in [6, 6.07) is 1.77. The molecular weight excluding hydrogens is 258 g/mol. The number of rotatable bonds is 6. The van der Waals surface area contributed by atoms with Crippen molar-refractivity contribution in [2.75, 3.05) is 14.2 Å². The number of nitrogens with zero attached hydrogens (tertiary/aromatic N) is 2. The predicted molar refractivity (Wildman–Crippen MR) is 73.9 cm³/mol. The molecule has 0 aliphatic carbocycles. The van der Waals surface area contributed by atoms with Crippen molar-refractivity contribution >= 4 is 0 Å². The number of aromatic nitrogens is 2. The van der Waals surface area contributed by atoms with Crippen LogP contribution in [0.4, 0.5) is 0 Å². The molecule has 2 aromatic heterocycles. The van der Waals surface area contributed by atoms with Gasteiger partial charge >= 0.3 is 0 Å². The first-order chi connectivity index (χ1) is 9.67. The van der Waals surface area contributed by atoms with Crippen molar-refractivity contribution in [1.29, 1.82) is 0 Å². The molecule has 0 saturated heterocycles. The summed E-state index contributed by atoms with van der Waals surface area (Å²) in [5.41, 5.74) is 2.78. The first-order valence-corrected chi connectivity index (χ1v) is 6.35. The molecule has 6 heteroatoms. The topological polar surface area (TPSA) is 69.4 Å². The zero-order valence-electron chi connectivity index (χ0n) is 12.2. The van der Waals surface area contributed by atoms with E-state index < -0.39 is 0 Å². The molecule has 0 aliphatic rings. The monoisotopic (exact) mass is 277 g/mol.